The molecule has 0 aromatic heterocycles. The maximum Gasteiger partial charge on any atom is 0.191 e. The fraction of sp³-hybridized carbons (Fsp3) is 0.933. The Balaban J connectivity index is 1.69. The van der Waals surface area contributed by atoms with Crippen LogP contribution in [0, 0.1) is 17.3 Å². The van der Waals surface area contributed by atoms with E-state index in [1.165, 1.54) is 32.1 Å². The van der Waals surface area contributed by atoms with Crippen LogP contribution < -0.4 is 10.6 Å². The SMILES string of the molecule is CC(C)(C)C1CCC(CNC2=NCCCN2)CC1. The van der Waals surface area contributed by atoms with Gasteiger partial charge in [-0.05, 0) is 49.4 Å². The summed E-state index contributed by atoms with van der Waals surface area (Å²) < 4.78 is 0. The molecule has 1 saturated carbocycles. The first-order chi connectivity index (χ1) is 8.55. The number of rotatable bonds is 2. The lowest BCUT2D eigenvalue weighted by molar-refractivity contribution is 0.150. The number of aliphatic imine (C=N–C) groups is 1. The van der Waals surface area contributed by atoms with Crippen LogP contribution in [0.3, 0.4) is 0 Å². The minimum Gasteiger partial charge on any atom is -0.356 e. The van der Waals surface area contributed by atoms with Gasteiger partial charge in [-0.25, -0.2) is 0 Å². The van der Waals surface area contributed by atoms with Gasteiger partial charge in [0.05, 0.1) is 0 Å². The van der Waals surface area contributed by atoms with Crippen molar-refractivity contribution in [2.45, 2.75) is 52.9 Å². The fourth-order valence-electron chi connectivity index (χ4n) is 3.12. The third-order valence-corrected chi connectivity index (χ3v) is 4.53. The van der Waals surface area contributed by atoms with Crippen molar-refractivity contribution in [3.63, 3.8) is 0 Å². The Morgan fingerprint density at radius 2 is 1.94 bits per heavy atom. The highest BCUT2D eigenvalue weighted by Crippen LogP contribution is 2.39. The quantitative estimate of drug-likeness (QED) is 0.792. The number of guanidine groups is 1. The zero-order chi connectivity index (χ0) is 13.0. The molecular formula is C15H29N3. The number of nitrogens with zero attached hydrogens (tertiary/aromatic N) is 1. The minimum atomic E-state index is 0.493. The molecule has 1 heterocycles. The average molecular weight is 251 g/mol. The van der Waals surface area contributed by atoms with Crippen LogP contribution in [0.4, 0.5) is 0 Å². The van der Waals surface area contributed by atoms with Crippen molar-refractivity contribution in [3.05, 3.63) is 0 Å². The highest BCUT2D eigenvalue weighted by atomic mass is 15.2. The monoisotopic (exact) mass is 251 g/mol. The summed E-state index contributed by atoms with van der Waals surface area (Å²) in [4.78, 5) is 4.46. The van der Waals surface area contributed by atoms with Crippen molar-refractivity contribution in [1.29, 1.82) is 0 Å². The smallest absolute Gasteiger partial charge is 0.191 e. The van der Waals surface area contributed by atoms with Crippen molar-refractivity contribution < 1.29 is 0 Å². The molecule has 0 aromatic rings. The second-order valence-corrected chi connectivity index (χ2v) is 6.98. The predicted molar refractivity (Wildman–Crippen MR) is 77.8 cm³/mol. The summed E-state index contributed by atoms with van der Waals surface area (Å²) in [6.45, 7) is 10.3. The molecule has 0 atom stereocenters. The molecule has 0 aromatic carbocycles. The summed E-state index contributed by atoms with van der Waals surface area (Å²) in [6.07, 6.45) is 6.72. The van der Waals surface area contributed by atoms with E-state index in [0.29, 0.717) is 5.41 Å². The van der Waals surface area contributed by atoms with Crippen LogP contribution in [-0.2, 0) is 0 Å². The summed E-state index contributed by atoms with van der Waals surface area (Å²) in [5.41, 5.74) is 0.493. The molecule has 0 spiro atoms. The van der Waals surface area contributed by atoms with Gasteiger partial charge >= 0.3 is 0 Å². The van der Waals surface area contributed by atoms with Crippen LogP contribution >= 0.6 is 0 Å². The molecule has 2 N–H and O–H groups in total. The van der Waals surface area contributed by atoms with E-state index in [2.05, 4.69) is 36.4 Å². The second-order valence-electron chi connectivity index (χ2n) is 6.98. The molecule has 18 heavy (non-hydrogen) atoms. The van der Waals surface area contributed by atoms with E-state index in [1.54, 1.807) is 0 Å². The van der Waals surface area contributed by atoms with Gasteiger partial charge in [-0.3, -0.25) is 4.99 Å². The largest absolute Gasteiger partial charge is 0.356 e. The summed E-state index contributed by atoms with van der Waals surface area (Å²) in [5, 5.41) is 6.81. The first kappa shape index (κ1) is 13.7. The molecule has 0 radical (unpaired) electrons. The van der Waals surface area contributed by atoms with Gasteiger partial charge in [0.2, 0.25) is 0 Å². The Labute approximate surface area is 112 Å². The van der Waals surface area contributed by atoms with Gasteiger partial charge in [-0.1, -0.05) is 20.8 Å². The minimum absolute atomic E-state index is 0.493. The molecule has 1 aliphatic carbocycles. The molecule has 2 rings (SSSR count). The molecule has 3 nitrogen and oxygen atoms in total. The molecule has 3 heteroatoms. The predicted octanol–water partition coefficient (Wildman–Crippen LogP) is 2.78. The van der Waals surface area contributed by atoms with Gasteiger partial charge in [0.15, 0.2) is 5.96 Å². The standard InChI is InChI=1S/C15H29N3/c1-15(2,3)13-7-5-12(6-8-13)11-18-14-16-9-4-10-17-14/h12-13H,4-11H2,1-3H3,(H2,16,17,18). The molecular weight excluding hydrogens is 222 g/mol. The molecule has 1 fully saturated rings. The van der Waals surface area contributed by atoms with Gasteiger partial charge in [-0.15, -0.1) is 0 Å². The fourth-order valence-corrected chi connectivity index (χ4v) is 3.12. The molecule has 0 bridgehead atoms. The highest BCUT2D eigenvalue weighted by molar-refractivity contribution is 5.80. The Kier molecular flexibility index (Phi) is 4.52. The zero-order valence-electron chi connectivity index (χ0n) is 12.3. The lowest BCUT2D eigenvalue weighted by Crippen LogP contribution is -2.43. The van der Waals surface area contributed by atoms with Crippen molar-refractivity contribution in [2.75, 3.05) is 19.6 Å². The van der Waals surface area contributed by atoms with E-state index in [1.807, 2.05) is 0 Å². The highest BCUT2D eigenvalue weighted by Gasteiger charge is 2.29. The topological polar surface area (TPSA) is 36.4 Å². The first-order valence-corrected chi connectivity index (χ1v) is 7.58. The van der Waals surface area contributed by atoms with Crippen LogP contribution in [0.15, 0.2) is 4.99 Å². The van der Waals surface area contributed by atoms with Gasteiger partial charge in [0.1, 0.15) is 0 Å². The first-order valence-electron chi connectivity index (χ1n) is 7.58. The van der Waals surface area contributed by atoms with E-state index in [0.717, 1.165) is 37.4 Å². The van der Waals surface area contributed by atoms with Crippen molar-refractivity contribution >= 4 is 5.96 Å². The number of hydrogen-bond donors (Lipinski definition) is 2. The lowest BCUT2D eigenvalue weighted by Gasteiger charge is -2.37. The van der Waals surface area contributed by atoms with Crippen molar-refractivity contribution in [2.24, 2.45) is 22.2 Å². The summed E-state index contributed by atoms with van der Waals surface area (Å²) >= 11 is 0. The number of nitrogens with one attached hydrogen (secondary N) is 2. The molecule has 0 unspecified atom stereocenters. The van der Waals surface area contributed by atoms with E-state index in [9.17, 15) is 0 Å². The van der Waals surface area contributed by atoms with Crippen LogP contribution in [-0.4, -0.2) is 25.6 Å². The summed E-state index contributed by atoms with van der Waals surface area (Å²) in [5.74, 6) is 2.79. The maximum atomic E-state index is 4.46. The average Bonchev–Trinajstić information content (AvgIpc) is 2.37. The van der Waals surface area contributed by atoms with Crippen LogP contribution in [0.1, 0.15) is 52.9 Å². The van der Waals surface area contributed by atoms with Gasteiger partial charge < -0.3 is 10.6 Å². The third kappa shape index (κ3) is 3.89. The molecule has 1 aliphatic heterocycles. The Morgan fingerprint density at radius 1 is 1.22 bits per heavy atom. The van der Waals surface area contributed by atoms with Crippen molar-refractivity contribution in [1.82, 2.24) is 10.6 Å². The second kappa shape index (κ2) is 5.94. The molecule has 0 amide bonds. The molecule has 2 aliphatic rings. The Bertz CT molecular complexity index is 283. The Morgan fingerprint density at radius 3 is 2.50 bits per heavy atom. The summed E-state index contributed by atoms with van der Waals surface area (Å²) in [7, 11) is 0. The number of hydrogen-bond acceptors (Lipinski definition) is 3. The van der Waals surface area contributed by atoms with Crippen LogP contribution in [0.5, 0.6) is 0 Å². The third-order valence-electron chi connectivity index (χ3n) is 4.53. The van der Waals surface area contributed by atoms with E-state index < -0.39 is 0 Å². The van der Waals surface area contributed by atoms with Crippen LogP contribution in [0.2, 0.25) is 0 Å². The zero-order valence-corrected chi connectivity index (χ0v) is 12.3. The molecule has 0 saturated heterocycles. The lowest BCUT2D eigenvalue weighted by atomic mass is 9.70. The van der Waals surface area contributed by atoms with Crippen molar-refractivity contribution in [3.8, 4) is 0 Å². The van der Waals surface area contributed by atoms with Gasteiger partial charge in [-0.2, -0.15) is 0 Å². The van der Waals surface area contributed by atoms with E-state index in [-0.39, 0.29) is 0 Å². The van der Waals surface area contributed by atoms with E-state index in [4.69, 9.17) is 0 Å². The molecule has 104 valence electrons. The van der Waals surface area contributed by atoms with Gasteiger partial charge in [0, 0.05) is 19.6 Å². The maximum absolute atomic E-state index is 4.46. The van der Waals surface area contributed by atoms with Crippen LogP contribution in [0.25, 0.3) is 0 Å². The Hall–Kier alpha value is -0.730. The summed E-state index contributed by atoms with van der Waals surface area (Å²) in [6, 6.07) is 0. The van der Waals surface area contributed by atoms with Gasteiger partial charge in [0.25, 0.3) is 0 Å². The normalized spacial score (nSPS) is 29.4. The van der Waals surface area contributed by atoms with E-state index >= 15 is 0 Å².